The van der Waals surface area contributed by atoms with Crippen LogP contribution < -0.4 is 5.32 Å². The molecule has 5 rings (SSSR count). The molecule has 0 saturated carbocycles. The smallest absolute Gasteiger partial charge is 0.239 e. The third-order valence-electron chi connectivity index (χ3n) is 6.91. The van der Waals surface area contributed by atoms with E-state index in [9.17, 15) is 10.1 Å². The lowest BCUT2D eigenvalue weighted by molar-refractivity contribution is -0.117. The average Bonchev–Trinajstić information content (AvgIpc) is 3.59. The predicted octanol–water partition coefficient (Wildman–Crippen LogP) is 4.54. The highest BCUT2D eigenvalue weighted by Crippen LogP contribution is 2.36. The predicted molar refractivity (Wildman–Crippen MR) is 129 cm³/mol. The molecule has 0 aliphatic carbocycles. The summed E-state index contributed by atoms with van der Waals surface area (Å²) in [4.78, 5) is 20.2. The number of amides is 1. The number of aromatic nitrogens is 2. The van der Waals surface area contributed by atoms with Crippen LogP contribution in [0.15, 0.2) is 24.3 Å². The lowest BCUT2D eigenvalue weighted by Crippen LogP contribution is -2.33. The first-order chi connectivity index (χ1) is 16.0. The van der Waals surface area contributed by atoms with Crippen molar-refractivity contribution < 1.29 is 9.53 Å². The van der Waals surface area contributed by atoms with E-state index in [-0.39, 0.29) is 24.6 Å². The van der Waals surface area contributed by atoms with Crippen LogP contribution in [0, 0.1) is 25.2 Å². The minimum absolute atomic E-state index is 0.0920. The second-order valence-corrected chi connectivity index (χ2v) is 10.1. The number of likely N-dealkylation sites (tertiary alicyclic amines) is 1. The lowest BCUT2D eigenvalue weighted by atomic mass is 10.2. The fourth-order valence-corrected chi connectivity index (χ4v) is 6.17. The molecule has 2 fully saturated rings. The van der Waals surface area contributed by atoms with Crippen molar-refractivity contribution in [2.45, 2.75) is 58.2 Å². The molecule has 2 aliphatic rings. The first-order valence-electron chi connectivity index (χ1n) is 11.7. The van der Waals surface area contributed by atoms with E-state index in [1.165, 1.54) is 4.70 Å². The highest BCUT2D eigenvalue weighted by molar-refractivity contribution is 7.18. The van der Waals surface area contributed by atoms with Crippen LogP contribution in [0.1, 0.15) is 53.6 Å². The Morgan fingerprint density at radius 2 is 2.15 bits per heavy atom. The Labute approximate surface area is 198 Å². The third kappa shape index (κ3) is 4.29. The van der Waals surface area contributed by atoms with E-state index in [0.717, 1.165) is 60.6 Å². The molecule has 172 valence electrons. The van der Waals surface area contributed by atoms with Crippen LogP contribution in [-0.2, 0) is 16.1 Å². The molecule has 1 amide bonds. The number of fused-ring (bicyclic) bond motifs is 1. The van der Waals surface area contributed by atoms with Crippen molar-refractivity contribution >= 4 is 33.3 Å². The summed E-state index contributed by atoms with van der Waals surface area (Å²) < 4.78 is 9.05. The topological polar surface area (TPSA) is 83.2 Å². The minimum atomic E-state index is -0.0920. The van der Waals surface area contributed by atoms with Crippen LogP contribution in [0.5, 0.6) is 0 Å². The minimum Gasteiger partial charge on any atom is -0.376 e. The van der Waals surface area contributed by atoms with Crippen molar-refractivity contribution in [2.75, 3.05) is 25.0 Å². The quantitative estimate of drug-likeness (QED) is 0.580. The highest BCUT2D eigenvalue weighted by atomic mass is 32.1. The number of nitrogens with one attached hydrogen (secondary N) is 1. The molecule has 2 saturated heterocycles. The largest absolute Gasteiger partial charge is 0.376 e. The molecular formula is C25H29N5O2S. The van der Waals surface area contributed by atoms with Crippen LogP contribution in [0.3, 0.4) is 0 Å². The van der Waals surface area contributed by atoms with Crippen LogP contribution in [0.25, 0.3) is 10.2 Å². The summed E-state index contributed by atoms with van der Waals surface area (Å²) in [7, 11) is 0. The van der Waals surface area contributed by atoms with Gasteiger partial charge in [0.1, 0.15) is 16.9 Å². The Morgan fingerprint density at radius 1 is 1.30 bits per heavy atom. The summed E-state index contributed by atoms with van der Waals surface area (Å²) in [6, 6.07) is 10.6. The van der Waals surface area contributed by atoms with Crippen molar-refractivity contribution in [1.82, 2.24) is 14.5 Å². The molecule has 33 heavy (non-hydrogen) atoms. The summed E-state index contributed by atoms with van der Waals surface area (Å²) >= 11 is 1.72. The van der Waals surface area contributed by atoms with Gasteiger partial charge in [-0.3, -0.25) is 9.69 Å². The maximum absolute atomic E-state index is 13.2. The van der Waals surface area contributed by atoms with Gasteiger partial charge in [0.25, 0.3) is 0 Å². The van der Waals surface area contributed by atoms with Crippen molar-refractivity contribution in [3.05, 3.63) is 46.1 Å². The zero-order valence-corrected chi connectivity index (χ0v) is 20.0. The summed E-state index contributed by atoms with van der Waals surface area (Å²) in [5, 5.41) is 13.9. The fourth-order valence-electron chi connectivity index (χ4n) is 5.03. The van der Waals surface area contributed by atoms with E-state index in [4.69, 9.17) is 9.72 Å². The van der Waals surface area contributed by atoms with Gasteiger partial charge in [0, 0.05) is 12.3 Å². The number of thiazole rings is 1. The van der Waals surface area contributed by atoms with Crippen molar-refractivity contribution in [1.29, 1.82) is 5.26 Å². The molecule has 3 aromatic rings. The summed E-state index contributed by atoms with van der Waals surface area (Å²) in [6.07, 6.45) is 4.23. The van der Waals surface area contributed by atoms with Gasteiger partial charge in [-0.1, -0.05) is 12.1 Å². The van der Waals surface area contributed by atoms with Gasteiger partial charge in [0.2, 0.25) is 5.91 Å². The number of carbonyl (C=O) groups excluding carboxylic acids is 1. The summed E-state index contributed by atoms with van der Waals surface area (Å²) in [6.45, 7) is 6.53. The number of nitriles is 1. The SMILES string of the molecule is Cc1c(C#N)c(NC(=O)CN2CCC[C@@H]2c2nc3ccccc3s2)n(C[C@@H]2CCCO2)c1C. The van der Waals surface area contributed by atoms with Crippen molar-refractivity contribution in [2.24, 2.45) is 0 Å². The summed E-state index contributed by atoms with van der Waals surface area (Å²) in [5.74, 6) is 0.509. The van der Waals surface area contributed by atoms with E-state index in [1.807, 2.05) is 32.0 Å². The Hall–Kier alpha value is -2.73. The first-order valence-corrected chi connectivity index (χ1v) is 12.5. The second-order valence-electron chi connectivity index (χ2n) is 8.99. The molecule has 2 atom stereocenters. The molecule has 2 aliphatic heterocycles. The van der Waals surface area contributed by atoms with Crippen LogP contribution in [-0.4, -0.2) is 46.2 Å². The van der Waals surface area contributed by atoms with Crippen molar-refractivity contribution in [3.8, 4) is 6.07 Å². The molecule has 0 unspecified atom stereocenters. The number of rotatable bonds is 6. The molecule has 0 radical (unpaired) electrons. The molecule has 1 aromatic carbocycles. The first kappa shape index (κ1) is 22.1. The number of para-hydroxylation sites is 1. The highest BCUT2D eigenvalue weighted by Gasteiger charge is 2.31. The third-order valence-corrected chi connectivity index (χ3v) is 8.05. The number of benzene rings is 1. The zero-order valence-electron chi connectivity index (χ0n) is 19.1. The fraction of sp³-hybridized carbons (Fsp3) is 0.480. The molecule has 0 spiro atoms. The van der Waals surface area contributed by atoms with Gasteiger partial charge in [-0.25, -0.2) is 4.98 Å². The van der Waals surface area contributed by atoms with Gasteiger partial charge >= 0.3 is 0 Å². The lowest BCUT2D eigenvalue weighted by Gasteiger charge is -2.23. The number of carbonyl (C=O) groups is 1. The molecule has 2 aromatic heterocycles. The van der Waals surface area contributed by atoms with E-state index < -0.39 is 0 Å². The van der Waals surface area contributed by atoms with Gasteiger partial charge in [0.15, 0.2) is 0 Å². The van der Waals surface area contributed by atoms with Gasteiger partial charge < -0.3 is 14.6 Å². The van der Waals surface area contributed by atoms with Gasteiger partial charge in [-0.2, -0.15) is 5.26 Å². The Kier molecular flexibility index (Phi) is 6.19. The van der Waals surface area contributed by atoms with Crippen LogP contribution in [0.4, 0.5) is 5.82 Å². The van der Waals surface area contributed by atoms with Crippen LogP contribution in [0.2, 0.25) is 0 Å². The normalized spacial score (nSPS) is 21.0. The van der Waals surface area contributed by atoms with Crippen molar-refractivity contribution in [3.63, 3.8) is 0 Å². The number of anilines is 1. The number of nitrogens with zero attached hydrogens (tertiary/aromatic N) is 4. The molecule has 7 nitrogen and oxygen atoms in total. The average molecular weight is 464 g/mol. The maximum Gasteiger partial charge on any atom is 0.239 e. The number of hydrogen-bond acceptors (Lipinski definition) is 6. The zero-order chi connectivity index (χ0) is 22.9. The van der Waals surface area contributed by atoms with Crippen LogP contribution >= 0.6 is 11.3 Å². The van der Waals surface area contributed by atoms with Gasteiger partial charge in [-0.15, -0.1) is 11.3 Å². The monoisotopic (exact) mass is 463 g/mol. The van der Waals surface area contributed by atoms with Gasteiger partial charge in [0.05, 0.1) is 41.0 Å². The molecular weight excluding hydrogens is 434 g/mol. The molecule has 0 bridgehead atoms. The maximum atomic E-state index is 13.2. The van der Waals surface area contributed by atoms with E-state index in [2.05, 4.69) is 26.9 Å². The number of hydrogen-bond donors (Lipinski definition) is 1. The van der Waals surface area contributed by atoms with E-state index in [1.54, 1.807) is 11.3 Å². The standard InChI is InChI=1S/C25H29N5O2S/c1-16-17(2)30(14-18-7-6-12-32-18)24(19(16)13-26)28-23(31)15-29-11-5-9-21(29)25-27-20-8-3-4-10-22(20)33-25/h3-4,8,10,18,21H,5-7,9,11-12,14-15H2,1-2H3,(H,28,31)/t18-,21+/m0/s1. The Bertz CT molecular complexity index is 1180. The summed E-state index contributed by atoms with van der Waals surface area (Å²) in [5.41, 5.74) is 3.48. The van der Waals surface area contributed by atoms with E-state index >= 15 is 0 Å². The molecule has 8 heteroatoms. The Balaban J connectivity index is 1.34. The second kappa shape index (κ2) is 9.26. The van der Waals surface area contributed by atoms with E-state index in [0.29, 0.717) is 17.9 Å². The van der Waals surface area contributed by atoms with Gasteiger partial charge in [-0.05, 0) is 63.8 Å². The molecule has 1 N–H and O–H groups in total. The number of ether oxygens (including phenoxy) is 1. The Morgan fingerprint density at radius 3 is 2.91 bits per heavy atom. The molecule has 4 heterocycles.